The van der Waals surface area contributed by atoms with Crippen molar-refractivity contribution in [2.45, 2.75) is 26.3 Å². The molecule has 0 aliphatic carbocycles. The molecule has 0 saturated carbocycles. The fourth-order valence-corrected chi connectivity index (χ4v) is 2.16. The van der Waals surface area contributed by atoms with Crippen molar-refractivity contribution in [1.82, 2.24) is 36.8 Å². The molecule has 0 fully saturated rings. The van der Waals surface area contributed by atoms with E-state index in [1.807, 2.05) is 0 Å². The number of hydrogen-bond donors (Lipinski definition) is 6. The fourth-order valence-electron chi connectivity index (χ4n) is 2.16. The van der Waals surface area contributed by atoms with Crippen molar-refractivity contribution in [2.24, 2.45) is 0 Å². The number of nitrogens with one attached hydrogen (secondary N) is 6. The molecular formula is C18H29N7O8. The van der Waals surface area contributed by atoms with Crippen LogP contribution in [-0.4, -0.2) is 98.5 Å². The Morgan fingerprint density at radius 3 is 2.06 bits per heavy atom. The predicted octanol–water partition coefficient (Wildman–Crippen LogP) is -4.90. The van der Waals surface area contributed by atoms with E-state index in [1.165, 1.54) is 20.9 Å². The maximum absolute atomic E-state index is 12.2. The van der Waals surface area contributed by atoms with Crippen LogP contribution in [-0.2, 0) is 38.4 Å². The molecule has 184 valence electrons. The summed E-state index contributed by atoms with van der Waals surface area (Å²) < 4.78 is 0. The van der Waals surface area contributed by atoms with E-state index in [9.17, 15) is 38.4 Å². The largest absolute Gasteiger partial charge is 0.359 e. The Morgan fingerprint density at radius 1 is 0.848 bits per heavy atom. The first-order valence-corrected chi connectivity index (χ1v) is 9.73. The zero-order valence-electron chi connectivity index (χ0n) is 18.6. The minimum Gasteiger partial charge on any atom is -0.359 e. The number of rotatable bonds is 15. The van der Waals surface area contributed by atoms with Crippen molar-refractivity contribution in [3.8, 4) is 0 Å². The molecule has 0 aromatic rings. The summed E-state index contributed by atoms with van der Waals surface area (Å²) in [6.45, 7) is 0.334. The van der Waals surface area contributed by atoms with Crippen LogP contribution in [0.25, 0.3) is 0 Å². The lowest BCUT2D eigenvalue weighted by atomic mass is 10.1. The Hall–Kier alpha value is -4.04. The highest BCUT2D eigenvalue weighted by atomic mass is 16.2. The smallest absolute Gasteiger partial charge is 0.243 e. The molecule has 33 heavy (non-hydrogen) atoms. The molecule has 15 nitrogen and oxygen atoms in total. The van der Waals surface area contributed by atoms with Crippen molar-refractivity contribution in [3.05, 3.63) is 0 Å². The molecule has 0 aliphatic heterocycles. The van der Waals surface area contributed by atoms with Crippen molar-refractivity contribution < 1.29 is 38.4 Å². The number of amides is 7. The van der Waals surface area contributed by atoms with Gasteiger partial charge in [-0.25, -0.2) is 0 Å². The molecule has 0 spiro atoms. The molecule has 15 heteroatoms. The van der Waals surface area contributed by atoms with E-state index < -0.39 is 67.5 Å². The Kier molecular flexibility index (Phi) is 13.8. The summed E-state index contributed by atoms with van der Waals surface area (Å²) >= 11 is 0. The number of Topliss-reactive ketones (excluding diaryl/α,β-unsaturated/α-hetero) is 1. The Morgan fingerprint density at radius 2 is 1.52 bits per heavy atom. The lowest BCUT2D eigenvalue weighted by Gasteiger charge is -2.22. The minimum absolute atomic E-state index is 0.285. The predicted molar refractivity (Wildman–Crippen MR) is 112 cm³/mol. The number of carbonyl (C=O) groups excluding carboxylic acids is 8. The molecule has 0 aromatic heterocycles. The third-order valence-electron chi connectivity index (χ3n) is 3.82. The molecule has 0 heterocycles. The van der Waals surface area contributed by atoms with E-state index in [1.54, 1.807) is 0 Å². The SMILES string of the molecule is CNC(=O)CC(NC(=O)CNC(=O)CN(CNC(C)=O)C(=O)CNC=O)C(=O)NCC(C)=O. The monoisotopic (exact) mass is 471 g/mol. The standard InChI is InChI=1S/C18H29N7O8/c1-11(27)5-22-18(33)13(4-14(29)19-3)24-15(30)6-21-16(31)8-25(9-23-12(2)28)17(32)7-20-10-26/h10,13H,4-9H2,1-3H3,(H,19,29)(H,20,26)(H,21,31)(H,22,33)(H,23,28)(H,24,30). The summed E-state index contributed by atoms with van der Waals surface area (Å²) in [5.41, 5.74) is 0. The molecule has 0 radical (unpaired) electrons. The van der Waals surface area contributed by atoms with Gasteiger partial charge in [0.25, 0.3) is 0 Å². The summed E-state index contributed by atoms with van der Waals surface area (Å²) in [5, 5.41) is 13.6. The van der Waals surface area contributed by atoms with Gasteiger partial charge >= 0.3 is 0 Å². The summed E-state index contributed by atoms with van der Waals surface area (Å²) in [5.74, 6) is -4.33. The maximum atomic E-state index is 12.2. The molecule has 7 amide bonds. The van der Waals surface area contributed by atoms with Crippen LogP contribution >= 0.6 is 0 Å². The topological polar surface area (TPSA) is 212 Å². The quantitative estimate of drug-likeness (QED) is 0.100. The number of carbonyl (C=O) groups is 8. The first kappa shape index (κ1) is 29.0. The molecule has 0 rings (SSSR count). The molecule has 6 N–H and O–H groups in total. The second-order valence-electron chi connectivity index (χ2n) is 6.68. The van der Waals surface area contributed by atoms with Gasteiger partial charge in [-0.3, -0.25) is 38.4 Å². The van der Waals surface area contributed by atoms with Crippen LogP contribution < -0.4 is 31.9 Å². The Bertz CT molecular complexity index is 771. The van der Waals surface area contributed by atoms with Crippen LogP contribution in [0.3, 0.4) is 0 Å². The van der Waals surface area contributed by atoms with Crippen LogP contribution in [0.15, 0.2) is 0 Å². The van der Waals surface area contributed by atoms with Gasteiger partial charge in [0.05, 0.1) is 32.7 Å². The van der Waals surface area contributed by atoms with Gasteiger partial charge in [0.1, 0.15) is 18.4 Å². The van der Waals surface area contributed by atoms with Gasteiger partial charge < -0.3 is 36.8 Å². The van der Waals surface area contributed by atoms with Crippen molar-refractivity contribution in [1.29, 1.82) is 0 Å². The van der Waals surface area contributed by atoms with E-state index in [-0.39, 0.29) is 19.0 Å². The van der Waals surface area contributed by atoms with Gasteiger partial charge in [-0.1, -0.05) is 0 Å². The Labute approximate surface area is 189 Å². The highest BCUT2D eigenvalue weighted by Crippen LogP contribution is 1.94. The summed E-state index contributed by atoms with van der Waals surface area (Å²) in [7, 11) is 1.34. The van der Waals surface area contributed by atoms with E-state index in [4.69, 9.17) is 0 Å². The first-order chi connectivity index (χ1) is 15.5. The third kappa shape index (κ3) is 13.8. The zero-order chi connectivity index (χ0) is 25.4. The second-order valence-corrected chi connectivity index (χ2v) is 6.68. The second kappa shape index (κ2) is 15.7. The zero-order valence-corrected chi connectivity index (χ0v) is 18.6. The average Bonchev–Trinajstić information content (AvgIpc) is 2.76. The third-order valence-corrected chi connectivity index (χ3v) is 3.82. The highest BCUT2D eigenvalue weighted by molar-refractivity contribution is 5.95. The van der Waals surface area contributed by atoms with Crippen LogP contribution in [0.1, 0.15) is 20.3 Å². The van der Waals surface area contributed by atoms with Crippen molar-refractivity contribution >= 4 is 47.6 Å². The van der Waals surface area contributed by atoms with E-state index in [0.717, 1.165) is 4.90 Å². The van der Waals surface area contributed by atoms with E-state index >= 15 is 0 Å². The average molecular weight is 471 g/mol. The molecule has 0 bridgehead atoms. The van der Waals surface area contributed by atoms with Crippen molar-refractivity contribution in [2.75, 3.05) is 39.9 Å². The molecule has 0 aliphatic rings. The maximum Gasteiger partial charge on any atom is 0.243 e. The lowest BCUT2D eigenvalue weighted by Crippen LogP contribution is -2.53. The fraction of sp³-hybridized carbons (Fsp3) is 0.556. The molecule has 1 atom stereocenters. The summed E-state index contributed by atoms with van der Waals surface area (Å²) in [4.78, 5) is 93.5. The molecule has 1 unspecified atom stereocenters. The normalized spacial score (nSPS) is 10.6. The molecular weight excluding hydrogens is 442 g/mol. The lowest BCUT2D eigenvalue weighted by molar-refractivity contribution is -0.137. The minimum atomic E-state index is -1.29. The van der Waals surface area contributed by atoms with E-state index in [0.29, 0.717) is 6.41 Å². The molecule has 0 aromatic carbocycles. The van der Waals surface area contributed by atoms with Gasteiger partial charge in [-0.15, -0.1) is 0 Å². The number of hydrogen-bond acceptors (Lipinski definition) is 8. The summed E-state index contributed by atoms with van der Waals surface area (Å²) in [6, 6.07) is -1.29. The van der Waals surface area contributed by atoms with Gasteiger partial charge in [0.15, 0.2) is 0 Å². The van der Waals surface area contributed by atoms with Gasteiger partial charge in [0, 0.05) is 14.0 Å². The van der Waals surface area contributed by atoms with Gasteiger partial charge in [-0.05, 0) is 6.92 Å². The number of ketones is 1. The summed E-state index contributed by atoms with van der Waals surface area (Å²) in [6.07, 6.45) is -0.108. The van der Waals surface area contributed by atoms with Crippen LogP contribution in [0.2, 0.25) is 0 Å². The van der Waals surface area contributed by atoms with E-state index in [2.05, 4.69) is 31.9 Å². The highest BCUT2D eigenvalue weighted by Gasteiger charge is 2.24. The van der Waals surface area contributed by atoms with Gasteiger partial charge in [-0.2, -0.15) is 0 Å². The van der Waals surface area contributed by atoms with Crippen LogP contribution in [0.5, 0.6) is 0 Å². The molecule has 0 saturated heterocycles. The van der Waals surface area contributed by atoms with Crippen molar-refractivity contribution in [3.63, 3.8) is 0 Å². The van der Waals surface area contributed by atoms with Crippen LogP contribution in [0.4, 0.5) is 0 Å². The first-order valence-electron chi connectivity index (χ1n) is 9.73. The van der Waals surface area contributed by atoms with Crippen LogP contribution in [0, 0.1) is 0 Å². The van der Waals surface area contributed by atoms with Gasteiger partial charge in [0.2, 0.25) is 41.9 Å². The Balaban J connectivity index is 4.90. The number of nitrogens with zero attached hydrogens (tertiary/aromatic N) is 1.